The van der Waals surface area contributed by atoms with Crippen LogP contribution in [-0.2, 0) is 9.53 Å². The average Bonchev–Trinajstić information content (AvgIpc) is 2.47. The molecule has 0 spiro atoms. The normalized spacial score (nSPS) is 21.9. The minimum atomic E-state index is -0.261. The van der Waals surface area contributed by atoms with Gasteiger partial charge >= 0.3 is 0 Å². The first-order valence-corrected chi connectivity index (χ1v) is 7.37. The summed E-state index contributed by atoms with van der Waals surface area (Å²) in [7, 11) is 1.80. The summed E-state index contributed by atoms with van der Waals surface area (Å²) in [6, 6.07) is 7.64. The summed E-state index contributed by atoms with van der Waals surface area (Å²) in [5, 5.41) is 3.21. The molecule has 0 radical (unpaired) electrons. The number of nitrogens with one attached hydrogen (secondary N) is 1. The van der Waals surface area contributed by atoms with Crippen molar-refractivity contribution in [3.05, 3.63) is 29.8 Å². The molecule has 116 valence electrons. The Morgan fingerprint density at radius 1 is 1.52 bits per heavy atom. The number of benzene rings is 1. The van der Waals surface area contributed by atoms with Gasteiger partial charge in [-0.05, 0) is 31.5 Å². The van der Waals surface area contributed by atoms with Crippen LogP contribution in [0.15, 0.2) is 24.3 Å². The van der Waals surface area contributed by atoms with Crippen LogP contribution in [0.1, 0.15) is 12.5 Å². The number of hydrogen-bond donors (Lipinski definition) is 1. The Labute approximate surface area is 126 Å². The highest BCUT2D eigenvalue weighted by Crippen LogP contribution is 2.12. The lowest BCUT2D eigenvalue weighted by molar-refractivity contribution is -0.138. The molecule has 5 nitrogen and oxygen atoms in total. The van der Waals surface area contributed by atoms with Crippen LogP contribution in [0.2, 0.25) is 0 Å². The zero-order valence-electron chi connectivity index (χ0n) is 13.0. The van der Waals surface area contributed by atoms with Gasteiger partial charge in [0.2, 0.25) is 5.91 Å². The second kappa shape index (κ2) is 7.43. The van der Waals surface area contributed by atoms with Gasteiger partial charge < -0.3 is 19.7 Å². The highest BCUT2D eigenvalue weighted by Gasteiger charge is 2.30. The number of rotatable bonds is 5. The van der Waals surface area contributed by atoms with E-state index in [0.29, 0.717) is 26.3 Å². The largest absolute Gasteiger partial charge is 0.492 e. The summed E-state index contributed by atoms with van der Waals surface area (Å²) in [4.78, 5) is 14.0. The summed E-state index contributed by atoms with van der Waals surface area (Å²) in [5.74, 6) is 0.887. The molecular formula is C16H24N2O3. The Kier molecular flexibility index (Phi) is 5.59. The first-order chi connectivity index (χ1) is 10.1. The zero-order chi connectivity index (χ0) is 15.2. The maximum atomic E-state index is 12.3. The van der Waals surface area contributed by atoms with E-state index in [4.69, 9.17) is 9.47 Å². The van der Waals surface area contributed by atoms with Crippen LogP contribution >= 0.6 is 0 Å². The Bertz CT molecular complexity index is 478. The monoisotopic (exact) mass is 292 g/mol. The number of likely N-dealkylation sites (N-methyl/N-ethyl adjacent to an activating group) is 1. The topological polar surface area (TPSA) is 50.8 Å². The number of ether oxygens (including phenoxy) is 2. The van der Waals surface area contributed by atoms with Crippen LogP contribution < -0.4 is 10.1 Å². The Morgan fingerprint density at radius 3 is 3.05 bits per heavy atom. The maximum Gasteiger partial charge on any atom is 0.242 e. The predicted octanol–water partition coefficient (Wildman–Crippen LogP) is 1.21. The number of nitrogens with zero attached hydrogens (tertiary/aromatic N) is 1. The van der Waals surface area contributed by atoms with E-state index in [2.05, 4.69) is 5.32 Å². The molecular weight excluding hydrogens is 268 g/mol. The Balaban J connectivity index is 1.78. The van der Waals surface area contributed by atoms with Gasteiger partial charge in [0, 0.05) is 13.6 Å². The van der Waals surface area contributed by atoms with Crippen molar-refractivity contribution in [1.29, 1.82) is 0 Å². The quantitative estimate of drug-likeness (QED) is 0.886. The van der Waals surface area contributed by atoms with E-state index < -0.39 is 0 Å². The van der Waals surface area contributed by atoms with Crippen LogP contribution in [0.25, 0.3) is 0 Å². The predicted molar refractivity (Wildman–Crippen MR) is 81.5 cm³/mol. The van der Waals surface area contributed by atoms with Crippen LogP contribution in [0.4, 0.5) is 0 Å². The maximum absolute atomic E-state index is 12.3. The van der Waals surface area contributed by atoms with Gasteiger partial charge in [0.05, 0.1) is 19.3 Å². The van der Waals surface area contributed by atoms with Crippen molar-refractivity contribution < 1.29 is 14.3 Å². The number of carbonyl (C=O) groups excluding carboxylic acids is 1. The fourth-order valence-corrected chi connectivity index (χ4v) is 2.36. The summed E-state index contributed by atoms with van der Waals surface area (Å²) >= 11 is 0. The van der Waals surface area contributed by atoms with Crippen molar-refractivity contribution in [2.24, 2.45) is 0 Å². The lowest BCUT2D eigenvalue weighted by atomic mass is 10.1. The summed E-state index contributed by atoms with van der Waals surface area (Å²) < 4.78 is 11.2. The number of aryl methyl sites for hydroxylation is 1. The molecule has 0 aliphatic carbocycles. The minimum absolute atomic E-state index is 0.0510. The molecule has 2 rings (SSSR count). The summed E-state index contributed by atoms with van der Waals surface area (Å²) in [6.45, 7) is 6.36. The Hall–Kier alpha value is -1.59. The fourth-order valence-electron chi connectivity index (χ4n) is 2.36. The van der Waals surface area contributed by atoms with E-state index in [1.165, 1.54) is 0 Å². The molecule has 21 heavy (non-hydrogen) atoms. The molecule has 1 aliphatic rings. The SMILES string of the molecule is Cc1cccc(OCCN(C)C(=O)[C@H]2NCCO[C@@H]2C)c1. The number of hydrogen-bond acceptors (Lipinski definition) is 4. The molecule has 1 fully saturated rings. The van der Waals surface area contributed by atoms with Crippen molar-refractivity contribution in [3.63, 3.8) is 0 Å². The van der Waals surface area contributed by atoms with Gasteiger partial charge in [-0.15, -0.1) is 0 Å². The van der Waals surface area contributed by atoms with Gasteiger partial charge in [-0.2, -0.15) is 0 Å². The van der Waals surface area contributed by atoms with Crippen molar-refractivity contribution in [3.8, 4) is 5.75 Å². The Morgan fingerprint density at radius 2 is 2.33 bits per heavy atom. The zero-order valence-corrected chi connectivity index (χ0v) is 13.0. The molecule has 1 amide bonds. The van der Waals surface area contributed by atoms with Gasteiger partial charge in [0.15, 0.2) is 0 Å². The number of morpholine rings is 1. The van der Waals surface area contributed by atoms with E-state index in [1.54, 1.807) is 11.9 Å². The van der Waals surface area contributed by atoms with E-state index in [1.807, 2.05) is 38.1 Å². The molecule has 5 heteroatoms. The third-order valence-electron chi connectivity index (χ3n) is 3.64. The molecule has 1 N–H and O–H groups in total. The van der Waals surface area contributed by atoms with Crippen LogP contribution in [0.3, 0.4) is 0 Å². The molecule has 1 heterocycles. The molecule has 1 aromatic carbocycles. The standard InChI is InChI=1S/C16H24N2O3/c1-12-5-4-6-14(11-12)21-10-8-18(3)16(19)15-13(2)20-9-7-17-15/h4-6,11,13,15,17H,7-10H2,1-3H3/t13-,15+/m1/s1. The van der Waals surface area contributed by atoms with Crippen molar-refractivity contribution in [1.82, 2.24) is 10.2 Å². The second-order valence-electron chi connectivity index (χ2n) is 5.43. The molecule has 0 unspecified atom stereocenters. The molecule has 1 aliphatic heterocycles. The van der Waals surface area contributed by atoms with Gasteiger partial charge in [-0.1, -0.05) is 12.1 Å². The third kappa shape index (κ3) is 4.44. The van der Waals surface area contributed by atoms with Gasteiger partial charge in [0.25, 0.3) is 0 Å². The fraction of sp³-hybridized carbons (Fsp3) is 0.562. The van der Waals surface area contributed by atoms with E-state index in [9.17, 15) is 4.79 Å². The first kappa shape index (κ1) is 15.8. The highest BCUT2D eigenvalue weighted by atomic mass is 16.5. The molecule has 2 atom stereocenters. The summed E-state index contributed by atoms with van der Waals surface area (Å²) in [6.07, 6.45) is -0.0913. The van der Waals surface area contributed by atoms with Crippen molar-refractivity contribution in [2.45, 2.75) is 26.0 Å². The minimum Gasteiger partial charge on any atom is -0.492 e. The van der Waals surface area contributed by atoms with Crippen LogP contribution in [0.5, 0.6) is 5.75 Å². The van der Waals surface area contributed by atoms with Gasteiger partial charge in [-0.3, -0.25) is 4.79 Å². The highest BCUT2D eigenvalue weighted by molar-refractivity contribution is 5.82. The smallest absolute Gasteiger partial charge is 0.242 e. The summed E-state index contributed by atoms with van der Waals surface area (Å²) in [5.41, 5.74) is 1.16. The van der Waals surface area contributed by atoms with Crippen molar-refractivity contribution >= 4 is 5.91 Å². The van der Waals surface area contributed by atoms with Gasteiger partial charge in [0.1, 0.15) is 18.4 Å². The van der Waals surface area contributed by atoms with Crippen molar-refractivity contribution in [2.75, 3.05) is 33.4 Å². The van der Waals surface area contributed by atoms with Crippen LogP contribution in [-0.4, -0.2) is 56.3 Å². The average molecular weight is 292 g/mol. The van der Waals surface area contributed by atoms with E-state index >= 15 is 0 Å². The third-order valence-corrected chi connectivity index (χ3v) is 3.64. The first-order valence-electron chi connectivity index (χ1n) is 7.37. The molecule has 1 saturated heterocycles. The number of amides is 1. The second-order valence-corrected chi connectivity index (χ2v) is 5.43. The van der Waals surface area contributed by atoms with E-state index in [0.717, 1.165) is 11.3 Å². The molecule has 0 bridgehead atoms. The molecule has 1 aromatic rings. The van der Waals surface area contributed by atoms with Gasteiger partial charge in [-0.25, -0.2) is 0 Å². The lowest BCUT2D eigenvalue weighted by Gasteiger charge is -2.32. The van der Waals surface area contributed by atoms with E-state index in [-0.39, 0.29) is 18.1 Å². The molecule has 0 aromatic heterocycles. The molecule has 0 saturated carbocycles. The van der Waals surface area contributed by atoms with Crippen LogP contribution in [0, 0.1) is 6.92 Å². The number of carbonyl (C=O) groups is 1. The lowest BCUT2D eigenvalue weighted by Crippen LogP contribution is -2.56.